The number of aromatic nitrogens is 3. The van der Waals surface area contributed by atoms with Crippen LogP contribution in [-0.4, -0.2) is 23.1 Å². The fourth-order valence-corrected chi connectivity index (χ4v) is 2.21. The lowest BCUT2D eigenvalue weighted by Gasteiger charge is -2.02. The van der Waals surface area contributed by atoms with Gasteiger partial charge in [-0.15, -0.1) is 10.6 Å². The minimum absolute atomic E-state index is 0.720. The molecule has 3 nitrogen and oxygen atoms in total. The summed E-state index contributed by atoms with van der Waals surface area (Å²) in [6, 6.07) is 7.92. The third kappa shape index (κ3) is 3.55. The molecule has 0 bridgehead atoms. The highest BCUT2D eigenvalue weighted by Crippen LogP contribution is 2.14. The predicted octanol–water partition coefficient (Wildman–Crippen LogP) is 3.26. The van der Waals surface area contributed by atoms with Crippen LogP contribution in [0, 0.1) is 11.5 Å². The lowest BCUT2D eigenvalue weighted by molar-refractivity contribution is 0.802. The van der Waals surface area contributed by atoms with Gasteiger partial charge in [-0.3, -0.25) is 0 Å². The molecule has 0 aliphatic rings. The Morgan fingerprint density at radius 3 is 2.72 bits per heavy atom. The van der Waals surface area contributed by atoms with E-state index in [0.29, 0.717) is 0 Å². The summed E-state index contributed by atoms with van der Waals surface area (Å²) in [7, 11) is -1.36. The molecule has 0 N–H and O–H groups in total. The van der Waals surface area contributed by atoms with E-state index in [2.05, 4.69) is 57.3 Å². The zero-order chi connectivity index (χ0) is 13.2. The van der Waals surface area contributed by atoms with E-state index in [1.54, 1.807) is 4.68 Å². The molecular weight excluding hydrogens is 306 g/mol. The molecule has 0 saturated carbocycles. The summed E-state index contributed by atoms with van der Waals surface area (Å²) in [5, 5.41) is 8.16. The Morgan fingerprint density at radius 2 is 2.06 bits per heavy atom. The fraction of sp³-hybridized carbons (Fsp3) is 0.231. The van der Waals surface area contributed by atoms with Crippen molar-refractivity contribution >= 4 is 24.0 Å². The van der Waals surface area contributed by atoms with Gasteiger partial charge in [-0.1, -0.05) is 52.8 Å². The Kier molecular flexibility index (Phi) is 3.69. The third-order valence-corrected chi connectivity index (χ3v) is 3.50. The lowest BCUT2D eigenvalue weighted by Crippen LogP contribution is -2.16. The summed E-state index contributed by atoms with van der Waals surface area (Å²) < 4.78 is 2.75. The second-order valence-corrected chi connectivity index (χ2v) is 10.7. The standard InChI is InChI=1S/C13H14BrN3Si/c1-18(2,3)8-7-12-10-17(16-15-12)13-6-4-5-11(14)9-13/h4-6,9-10H,1-3H3. The van der Waals surface area contributed by atoms with Crippen LogP contribution in [0.3, 0.4) is 0 Å². The zero-order valence-electron chi connectivity index (χ0n) is 10.6. The van der Waals surface area contributed by atoms with Crippen molar-refractivity contribution in [3.63, 3.8) is 0 Å². The maximum absolute atomic E-state index is 4.09. The smallest absolute Gasteiger partial charge is 0.155 e. The Morgan fingerprint density at radius 1 is 1.28 bits per heavy atom. The van der Waals surface area contributed by atoms with Crippen molar-refractivity contribution in [1.82, 2.24) is 15.0 Å². The van der Waals surface area contributed by atoms with Crippen molar-refractivity contribution < 1.29 is 0 Å². The summed E-state index contributed by atoms with van der Waals surface area (Å²) in [5.74, 6) is 3.09. The molecule has 0 radical (unpaired) electrons. The van der Waals surface area contributed by atoms with Gasteiger partial charge in [0, 0.05) is 4.47 Å². The first-order chi connectivity index (χ1) is 8.44. The van der Waals surface area contributed by atoms with Crippen LogP contribution in [0.25, 0.3) is 5.69 Å². The maximum Gasteiger partial charge on any atom is 0.155 e. The van der Waals surface area contributed by atoms with Crippen LogP contribution < -0.4 is 0 Å². The van der Waals surface area contributed by atoms with Gasteiger partial charge in [-0.25, -0.2) is 4.68 Å². The number of nitrogens with zero attached hydrogens (tertiary/aromatic N) is 3. The van der Waals surface area contributed by atoms with E-state index in [1.807, 2.05) is 30.5 Å². The molecule has 2 rings (SSSR count). The van der Waals surface area contributed by atoms with Crippen molar-refractivity contribution in [2.75, 3.05) is 0 Å². The van der Waals surface area contributed by atoms with E-state index in [1.165, 1.54) is 0 Å². The number of hydrogen-bond acceptors (Lipinski definition) is 2. The maximum atomic E-state index is 4.09. The summed E-state index contributed by atoms with van der Waals surface area (Å²) in [6.07, 6.45) is 1.86. The Hall–Kier alpha value is -1.38. The van der Waals surface area contributed by atoms with Crippen LogP contribution in [0.2, 0.25) is 19.6 Å². The molecular formula is C13H14BrN3Si. The van der Waals surface area contributed by atoms with Crippen LogP contribution in [0.4, 0.5) is 0 Å². The van der Waals surface area contributed by atoms with Gasteiger partial charge in [0.05, 0.1) is 11.9 Å². The Labute approximate surface area is 116 Å². The molecule has 2 aromatic rings. The molecule has 0 spiro atoms. The van der Waals surface area contributed by atoms with Gasteiger partial charge in [0.1, 0.15) is 8.07 Å². The summed E-state index contributed by atoms with van der Waals surface area (Å²) in [6.45, 7) is 6.62. The fourth-order valence-electron chi connectivity index (χ4n) is 1.32. The molecule has 1 aromatic heterocycles. The highest BCUT2D eigenvalue weighted by atomic mass is 79.9. The minimum Gasteiger partial charge on any atom is -0.219 e. The lowest BCUT2D eigenvalue weighted by atomic mass is 10.3. The average molecular weight is 320 g/mol. The van der Waals surface area contributed by atoms with Crippen LogP contribution in [0.5, 0.6) is 0 Å². The molecule has 18 heavy (non-hydrogen) atoms. The van der Waals surface area contributed by atoms with Crippen molar-refractivity contribution in [1.29, 1.82) is 0 Å². The largest absolute Gasteiger partial charge is 0.219 e. The molecule has 0 amide bonds. The van der Waals surface area contributed by atoms with Crippen molar-refractivity contribution in [3.8, 4) is 17.2 Å². The summed E-state index contributed by atoms with van der Waals surface area (Å²) >= 11 is 3.44. The molecule has 5 heteroatoms. The second kappa shape index (κ2) is 5.08. The molecule has 0 aliphatic heterocycles. The molecule has 1 aromatic carbocycles. The van der Waals surface area contributed by atoms with E-state index in [-0.39, 0.29) is 0 Å². The summed E-state index contributed by atoms with van der Waals surface area (Å²) in [4.78, 5) is 0. The van der Waals surface area contributed by atoms with Crippen LogP contribution in [-0.2, 0) is 0 Å². The van der Waals surface area contributed by atoms with E-state index < -0.39 is 8.07 Å². The van der Waals surface area contributed by atoms with E-state index in [0.717, 1.165) is 15.9 Å². The third-order valence-electron chi connectivity index (χ3n) is 2.13. The Balaban J connectivity index is 2.28. The number of benzene rings is 1. The minimum atomic E-state index is -1.36. The van der Waals surface area contributed by atoms with Gasteiger partial charge in [0.15, 0.2) is 5.69 Å². The highest BCUT2D eigenvalue weighted by molar-refractivity contribution is 9.10. The first-order valence-electron chi connectivity index (χ1n) is 5.65. The van der Waals surface area contributed by atoms with Crippen molar-refractivity contribution in [3.05, 3.63) is 40.6 Å². The second-order valence-electron chi connectivity index (χ2n) is 5.03. The topological polar surface area (TPSA) is 30.7 Å². The van der Waals surface area contributed by atoms with Gasteiger partial charge < -0.3 is 0 Å². The van der Waals surface area contributed by atoms with Gasteiger partial charge in [-0.05, 0) is 18.2 Å². The van der Waals surface area contributed by atoms with E-state index in [9.17, 15) is 0 Å². The molecule has 0 atom stereocenters. The van der Waals surface area contributed by atoms with Gasteiger partial charge in [0.25, 0.3) is 0 Å². The number of halogens is 1. The van der Waals surface area contributed by atoms with Crippen molar-refractivity contribution in [2.24, 2.45) is 0 Å². The molecule has 0 fully saturated rings. The molecule has 1 heterocycles. The van der Waals surface area contributed by atoms with Gasteiger partial charge in [-0.2, -0.15) is 0 Å². The molecule has 0 aliphatic carbocycles. The number of rotatable bonds is 1. The molecule has 92 valence electrons. The first-order valence-corrected chi connectivity index (χ1v) is 9.95. The quantitative estimate of drug-likeness (QED) is 0.596. The Bertz CT molecular complexity index is 617. The van der Waals surface area contributed by atoms with Crippen molar-refractivity contribution in [2.45, 2.75) is 19.6 Å². The van der Waals surface area contributed by atoms with E-state index in [4.69, 9.17) is 0 Å². The average Bonchev–Trinajstić information content (AvgIpc) is 2.74. The number of hydrogen-bond donors (Lipinski definition) is 0. The molecule has 0 unspecified atom stereocenters. The van der Waals surface area contributed by atoms with Gasteiger partial charge >= 0.3 is 0 Å². The molecule has 0 saturated heterocycles. The summed E-state index contributed by atoms with van der Waals surface area (Å²) in [5.41, 5.74) is 4.97. The SMILES string of the molecule is C[Si](C)(C)C#Cc1cn(-c2cccc(Br)c2)nn1. The normalized spacial score (nSPS) is 10.9. The highest BCUT2D eigenvalue weighted by Gasteiger charge is 2.08. The monoisotopic (exact) mass is 319 g/mol. The predicted molar refractivity (Wildman–Crippen MR) is 79.3 cm³/mol. The van der Waals surface area contributed by atoms with Crippen LogP contribution >= 0.6 is 15.9 Å². The first kappa shape index (κ1) is 13.1. The van der Waals surface area contributed by atoms with Crippen LogP contribution in [0.15, 0.2) is 34.9 Å². The zero-order valence-corrected chi connectivity index (χ0v) is 13.2. The van der Waals surface area contributed by atoms with Gasteiger partial charge in [0.2, 0.25) is 0 Å². The van der Waals surface area contributed by atoms with E-state index >= 15 is 0 Å². The van der Waals surface area contributed by atoms with Crippen LogP contribution in [0.1, 0.15) is 5.69 Å².